The number of aldehydes is 1. The SMILES string of the molecule is COc1ccc(OC(=O)c2ccc(OC3CCCCO3)cc2)c(C=O)c1. The van der Waals surface area contributed by atoms with Crippen LogP contribution in [0.5, 0.6) is 17.2 Å². The average molecular weight is 356 g/mol. The molecule has 6 nitrogen and oxygen atoms in total. The summed E-state index contributed by atoms with van der Waals surface area (Å²) in [6.45, 7) is 0.704. The van der Waals surface area contributed by atoms with E-state index in [2.05, 4.69) is 0 Å². The molecule has 1 saturated heterocycles. The van der Waals surface area contributed by atoms with E-state index in [9.17, 15) is 9.59 Å². The Kier molecular flexibility index (Phi) is 5.86. The van der Waals surface area contributed by atoms with E-state index in [0.29, 0.717) is 30.0 Å². The summed E-state index contributed by atoms with van der Waals surface area (Å²) in [6, 6.07) is 11.3. The summed E-state index contributed by atoms with van der Waals surface area (Å²) in [5.41, 5.74) is 0.599. The zero-order valence-corrected chi connectivity index (χ0v) is 14.5. The highest BCUT2D eigenvalue weighted by Gasteiger charge is 2.16. The number of methoxy groups -OCH3 is 1. The Morgan fingerprint density at radius 2 is 1.88 bits per heavy atom. The average Bonchev–Trinajstić information content (AvgIpc) is 2.69. The Balaban J connectivity index is 1.65. The normalized spacial score (nSPS) is 16.6. The first-order chi connectivity index (χ1) is 12.7. The zero-order valence-electron chi connectivity index (χ0n) is 14.5. The van der Waals surface area contributed by atoms with Gasteiger partial charge < -0.3 is 18.9 Å². The molecule has 1 unspecified atom stereocenters. The van der Waals surface area contributed by atoms with E-state index >= 15 is 0 Å². The number of benzene rings is 2. The summed E-state index contributed by atoms with van der Waals surface area (Å²) < 4.78 is 21.6. The molecule has 0 bridgehead atoms. The van der Waals surface area contributed by atoms with E-state index in [-0.39, 0.29) is 17.6 Å². The van der Waals surface area contributed by atoms with Crippen LogP contribution < -0.4 is 14.2 Å². The van der Waals surface area contributed by atoms with Gasteiger partial charge in [0.2, 0.25) is 0 Å². The third-order valence-corrected chi connectivity index (χ3v) is 4.04. The molecule has 1 aliphatic heterocycles. The Labute approximate surface area is 151 Å². The zero-order chi connectivity index (χ0) is 18.4. The molecular formula is C20H20O6. The summed E-state index contributed by atoms with van der Waals surface area (Å²) >= 11 is 0. The van der Waals surface area contributed by atoms with Gasteiger partial charge in [-0.25, -0.2) is 4.79 Å². The van der Waals surface area contributed by atoms with Crippen molar-refractivity contribution >= 4 is 12.3 Å². The number of esters is 1. The second-order valence-electron chi connectivity index (χ2n) is 5.85. The van der Waals surface area contributed by atoms with Crippen LogP contribution in [0.3, 0.4) is 0 Å². The van der Waals surface area contributed by atoms with Crippen LogP contribution in [-0.4, -0.2) is 32.3 Å². The lowest BCUT2D eigenvalue weighted by Crippen LogP contribution is -2.24. The maximum absolute atomic E-state index is 12.3. The van der Waals surface area contributed by atoms with Crippen molar-refractivity contribution in [3.05, 3.63) is 53.6 Å². The molecule has 1 aliphatic rings. The summed E-state index contributed by atoms with van der Waals surface area (Å²) in [6.07, 6.45) is 3.37. The molecule has 1 heterocycles. The van der Waals surface area contributed by atoms with E-state index in [1.165, 1.54) is 19.2 Å². The molecule has 2 aromatic rings. The molecule has 1 fully saturated rings. The van der Waals surface area contributed by atoms with Crippen molar-refractivity contribution in [1.82, 2.24) is 0 Å². The fourth-order valence-electron chi connectivity index (χ4n) is 2.62. The Morgan fingerprint density at radius 1 is 1.12 bits per heavy atom. The maximum atomic E-state index is 12.3. The molecular weight excluding hydrogens is 336 g/mol. The van der Waals surface area contributed by atoms with Gasteiger partial charge in [-0.2, -0.15) is 0 Å². The summed E-state index contributed by atoms with van der Waals surface area (Å²) in [5, 5.41) is 0. The second-order valence-corrected chi connectivity index (χ2v) is 5.85. The molecule has 0 N–H and O–H groups in total. The van der Waals surface area contributed by atoms with Crippen molar-refractivity contribution in [3.8, 4) is 17.2 Å². The van der Waals surface area contributed by atoms with E-state index in [1.807, 2.05) is 0 Å². The first-order valence-corrected chi connectivity index (χ1v) is 8.43. The number of hydrogen-bond acceptors (Lipinski definition) is 6. The van der Waals surface area contributed by atoms with Gasteiger partial charge in [-0.05, 0) is 55.3 Å². The van der Waals surface area contributed by atoms with Crippen LogP contribution in [0, 0.1) is 0 Å². The van der Waals surface area contributed by atoms with E-state index < -0.39 is 5.97 Å². The molecule has 6 heteroatoms. The lowest BCUT2D eigenvalue weighted by Gasteiger charge is -2.23. The van der Waals surface area contributed by atoms with Gasteiger partial charge >= 0.3 is 5.97 Å². The minimum atomic E-state index is -0.557. The van der Waals surface area contributed by atoms with Crippen LogP contribution in [0.4, 0.5) is 0 Å². The highest BCUT2D eigenvalue weighted by molar-refractivity contribution is 5.92. The molecule has 0 amide bonds. The lowest BCUT2D eigenvalue weighted by molar-refractivity contribution is -0.105. The van der Waals surface area contributed by atoms with Crippen molar-refractivity contribution in [2.75, 3.05) is 13.7 Å². The predicted molar refractivity (Wildman–Crippen MR) is 94.0 cm³/mol. The number of rotatable bonds is 6. The van der Waals surface area contributed by atoms with Crippen molar-refractivity contribution in [3.63, 3.8) is 0 Å². The fourth-order valence-corrected chi connectivity index (χ4v) is 2.62. The minimum Gasteiger partial charge on any atom is -0.497 e. The molecule has 0 saturated carbocycles. The van der Waals surface area contributed by atoms with Gasteiger partial charge in [0.05, 0.1) is 24.8 Å². The van der Waals surface area contributed by atoms with Gasteiger partial charge in [0.25, 0.3) is 0 Å². The number of ether oxygens (including phenoxy) is 4. The lowest BCUT2D eigenvalue weighted by atomic mass is 10.2. The van der Waals surface area contributed by atoms with Crippen molar-refractivity contribution < 1.29 is 28.5 Å². The molecule has 1 atom stereocenters. The van der Waals surface area contributed by atoms with Crippen LogP contribution >= 0.6 is 0 Å². The van der Waals surface area contributed by atoms with E-state index in [0.717, 1.165) is 19.3 Å². The first-order valence-electron chi connectivity index (χ1n) is 8.43. The van der Waals surface area contributed by atoms with Crippen LogP contribution in [-0.2, 0) is 4.74 Å². The third-order valence-electron chi connectivity index (χ3n) is 4.04. The Hall–Kier alpha value is -2.86. The predicted octanol–water partition coefficient (Wildman–Crippen LogP) is 3.63. The third kappa shape index (κ3) is 4.40. The van der Waals surface area contributed by atoms with Gasteiger partial charge in [-0.15, -0.1) is 0 Å². The highest BCUT2D eigenvalue weighted by Crippen LogP contribution is 2.24. The maximum Gasteiger partial charge on any atom is 0.343 e. The molecule has 0 spiro atoms. The van der Waals surface area contributed by atoms with Crippen molar-refractivity contribution in [2.24, 2.45) is 0 Å². The second kappa shape index (κ2) is 8.49. The summed E-state index contributed by atoms with van der Waals surface area (Å²) in [5.74, 6) is 0.769. The van der Waals surface area contributed by atoms with Crippen LogP contribution in [0.25, 0.3) is 0 Å². The minimum absolute atomic E-state index is 0.182. The van der Waals surface area contributed by atoms with Gasteiger partial charge in [0, 0.05) is 6.42 Å². The van der Waals surface area contributed by atoms with Gasteiger partial charge in [-0.3, -0.25) is 4.79 Å². The molecule has 136 valence electrons. The van der Waals surface area contributed by atoms with Crippen molar-refractivity contribution in [2.45, 2.75) is 25.6 Å². The number of carbonyl (C=O) groups excluding carboxylic acids is 2. The highest BCUT2D eigenvalue weighted by atomic mass is 16.7. The molecule has 0 aromatic heterocycles. The molecule has 26 heavy (non-hydrogen) atoms. The van der Waals surface area contributed by atoms with E-state index in [4.69, 9.17) is 18.9 Å². The Morgan fingerprint density at radius 3 is 2.54 bits per heavy atom. The molecule has 2 aromatic carbocycles. The molecule has 0 aliphatic carbocycles. The standard InChI is InChI=1S/C20H20O6/c1-23-17-9-10-18(15(12-17)13-21)26-20(22)14-5-7-16(8-6-14)25-19-4-2-3-11-24-19/h5-10,12-13,19H,2-4,11H2,1H3. The largest absolute Gasteiger partial charge is 0.497 e. The monoisotopic (exact) mass is 356 g/mol. The van der Waals surface area contributed by atoms with Crippen LogP contribution in [0.1, 0.15) is 40.0 Å². The van der Waals surface area contributed by atoms with Crippen molar-refractivity contribution in [1.29, 1.82) is 0 Å². The van der Waals surface area contributed by atoms with Gasteiger partial charge in [-0.1, -0.05) is 0 Å². The first kappa shape index (κ1) is 17.9. The van der Waals surface area contributed by atoms with E-state index in [1.54, 1.807) is 30.3 Å². The smallest absolute Gasteiger partial charge is 0.343 e. The van der Waals surface area contributed by atoms with Crippen LogP contribution in [0.15, 0.2) is 42.5 Å². The topological polar surface area (TPSA) is 71.1 Å². The number of hydrogen-bond donors (Lipinski definition) is 0. The van der Waals surface area contributed by atoms with Crippen LogP contribution in [0.2, 0.25) is 0 Å². The van der Waals surface area contributed by atoms with Gasteiger partial charge in [0.1, 0.15) is 17.2 Å². The fraction of sp³-hybridized carbons (Fsp3) is 0.300. The quantitative estimate of drug-likeness (QED) is 0.447. The molecule has 0 radical (unpaired) electrons. The number of carbonyl (C=O) groups is 2. The summed E-state index contributed by atoms with van der Waals surface area (Å²) in [4.78, 5) is 23.5. The molecule has 3 rings (SSSR count). The Bertz CT molecular complexity index is 762. The van der Waals surface area contributed by atoms with Gasteiger partial charge in [0.15, 0.2) is 12.6 Å². The summed E-state index contributed by atoms with van der Waals surface area (Å²) in [7, 11) is 1.50.